The number of aryl methyl sites for hydroxylation is 1. The van der Waals surface area contributed by atoms with Crippen molar-refractivity contribution in [3.8, 4) is 5.75 Å². The third kappa shape index (κ3) is 4.49. The zero-order chi connectivity index (χ0) is 25.1. The molecule has 0 spiro atoms. The zero-order valence-electron chi connectivity index (χ0n) is 19.7. The first-order valence-electron chi connectivity index (χ1n) is 11.9. The van der Waals surface area contributed by atoms with E-state index in [9.17, 15) is 22.7 Å². The molecule has 0 radical (unpaired) electrons. The minimum Gasteiger partial charge on any atom is -0.505 e. The van der Waals surface area contributed by atoms with Crippen molar-refractivity contribution in [1.29, 1.82) is 0 Å². The highest BCUT2D eigenvalue weighted by Crippen LogP contribution is 2.43. The molecule has 2 bridgehead atoms. The summed E-state index contributed by atoms with van der Waals surface area (Å²) in [6.45, 7) is 3.01. The minimum absolute atomic E-state index is 0.0621. The van der Waals surface area contributed by atoms with Crippen molar-refractivity contribution in [2.45, 2.75) is 49.6 Å². The van der Waals surface area contributed by atoms with Crippen molar-refractivity contribution in [3.05, 3.63) is 52.3 Å². The Bertz CT molecular complexity index is 1270. The lowest BCUT2D eigenvalue weighted by molar-refractivity contribution is 0.0718. The third-order valence-corrected chi connectivity index (χ3v) is 9.50. The van der Waals surface area contributed by atoms with E-state index in [0.717, 1.165) is 31.7 Å². The first kappa shape index (κ1) is 24.3. The van der Waals surface area contributed by atoms with Gasteiger partial charge in [-0.15, -0.1) is 0 Å². The number of fused-ring (bicyclic) bond motifs is 2. The average Bonchev–Trinajstić information content (AvgIpc) is 3.58. The highest BCUT2D eigenvalue weighted by molar-refractivity contribution is 7.89. The molecule has 7 nitrogen and oxygen atoms in total. The number of hydrogen-bond acceptors (Lipinski definition) is 5. The maximum Gasteiger partial charge on any atom is 0.255 e. The topological polar surface area (TPSA) is 81.2 Å². The maximum absolute atomic E-state index is 13.4. The number of piperazine rings is 1. The van der Waals surface area contributed by atoms with Gasteiger partial charge >= 0.3 is 0 Å². The molecule has 2 aromatic carbocycles. The third-order valence-electron chi connectivity index (χ3n) is 7.38. The van der Waals surface area contributed by atoms with Gasteiger partial charge in [0.1, 0.15) is 11.6 Å². The molecule has 2 heterocycles. The molecule has 1 saturated carbocycles. The van der Waals surface area contributed by atoms with Crippen molar-refractivity contribution in [2.24, 2.45) is 5.92 Å². The molecule has 35 heavy (non-hydrogen) atoms. The minimum atomic E-state index is -3.69. The standard InChI is InChI=1S/C25H29ClFN3O4S/c1-15-9-20(35(33,34)28(2)12-16-3-4-16)11-23(24(15)31)30-18-6-7-19(30)14-29(13-18)25(32)21-8-5-17(27)10-22(21)26/h5,8-11,16,18-19,31H,3-4,6-7,12-14H2,1-2H3/t18-,19+. The Morgan fingerprint density at radius 2 is 1.80 bits per heavy atom. The highest BCUT2D eigenvalue weighted by atomic mass is 35.5. The van der Waals surface area contributed by atoms with Crippen LogP contribution in [0, 0.1) is 18.7 Å². The van der Waals surface area contributed by atoms with Crippen LogP contribution in [0.1, 0.15) is 41.6 Å². The van der Waals surface area contributed by atoms with E-state index in [1.807, 2.05) is 0 Å². The van der Waals surface area contributed by atoms with Gasteiger partial charge in [-0.25, -0.2) is 17.1 Å². The first-order chi connectivity index (χ1) is 16.6. The normalized spacial score (nSPS) is 22.2. The number of anilines is 1. The van der Waals surface area contributed by atoms with E-state index in [1.54, 1.807) is 24.9 Å². The van der Waals surface area contributed by atoms with Crippen LogP contribution in [0.15, 0.2) is 35.2 Å². The predicted octanol–water partition coefficient (Wildman–Crippen LogP) is 4.02. The van der Waals surface area contributed by atoms with Gasteiger partial charge in [0.25, 0.3) is 5.91 Å². The van der Waals surface area contributed by atoms with Crippen LogP contribution in [0.2, 0.25) is 5.02 Å². The summed E-state index contributed by atoms with van der Waals surface area (Å²) in [5.41, 5.74) is 1.24. The van der Waals surface area contributed by atoms with E-state index in [0.29, 0.717) is 36.8 Å². The van der Waals surface area contributed by atoms with E-state index < -0.39 is 15.8 Å². The fourth-order valence-corrected chi connectivity index (χ4v) is 6.91. The Hall–Kier alpha value is -2.36. The average molecular weight is 522 g/mol. The molecule has 188 valence electrons. The molecular weight excluding hydrogens is 493 g/mol. The van der Waals surface area contributed by atoms with Crippen molar-refractivity contribution < 1.29 is 22.7 Å². The highest BCUT2D eigenvalue weighted by Gasteiger charge is 2.43. The molecule has 0 unspecified atom stereocenters. The maximum atomic E-state index is 13.4. The lowest BCUT2D eigenvalue weighted by atomic mass is 10.1. The summed E-state index contributed by atoms with van der Waals surface area (Å²) >= 11 is 6.12. The molecule has 0 aromatic heterocycles. The van der Waals surface area contributed by atoms with Crippen LogP contribution >= 0.6 is 11.6 Å². The summed E-state index contributed by atoms with van der Waals surface area (Å²) in [5.74, 6) is -0.277. The van der Waals surface area contributed by atoms with Crippen LogP contribution in [0.3, 0.4) is 0 Å². The number of benzene rings is 2. The number of amides is 1. The number of nitrogens with zero attached hydrogens (tertiary/aromatic N) is 3. The molecule has 2 aromatic rings. The number of sulfonamides is 1. The molecule has 2 saturated heterocycles. The van der Waals surface area contributed by atoms with Crippen molar-refractivity contribution >= 4 is 33.2 Å². The van der Waals surface area contributed by atoms with Gasteiger partial charge in [-0.3, -0.25) is 4.79 Å². The van der Waals surface area contributed by atoms with Gasteiger partial charge in [-0.05, 0) is 74.4 Å². The number of phenols is 1. The molecule has 1 aliphatic carbocycles. The predicted molar refractivity (Wildman–Crippen MR) is 132 cm³/mol. The summed E-state index contributed by atoms with van der Waals surface area (Å²) in [6.07, 6.45) is 3.72. The van der Waals surface area contributed by atoms with Gasteiger partial charge in [0, 0.05) is 38.8 Å². The summed E-state index contributed by atoms with van der Waals surface area (Å²) < 4.78 is 41.4. The van der Waals surface area contributed by atoms with Crippen LogP contribution in [-0.2, 0) is 10.0 Å². The van der Waals surface area contributed by atoms with Crippen LogP contribution in [0.4, 0.5) is 10.1 Å². The van der Waals surface area contributed by atoms with Crippen molar-refractivity contribution in [2.75, 3.05) is 31.6 Å². The molecule has 10 heteroatoms. The number of carbonyl (C=O) groups is 1. The van der Waals surface area contributed by atoms with Gasteiger partial charge in [0.2, 0.25) is 10.0 Å². The van der Waals surface area contributed by atoms with E-state index in [1.165, 1.54) is 22.5 Å². The SMILES string of the molecule is Cc1cc(S(=O)(=O)N(C)CC2CC2)cc(N2[C@@H]3CC[C@H]2CN(C(=O)c2ccc(F)cc2Cl)C3)c1O. The summed E-state index contributed by atoms with van der Waals surface area (Å²) in [4.78, 5) is 17.1. The number of halogens is 2. The lowest BCUT2D eigenvalue weighted by Crippen LogP contribution is -2.55. The molecule has 3 fully saturated rings. The fraction of sp³-hybridized carbons (Fsp3) is 0.480. The van der Waals surface area contributed by atoms with Crippen LogP contribution < -0.4 is 4.90 Å². The van der Waals surface area contributed by atoms with Gasteiger partial charge in [0.05, 0.1) is 21.2 Å². The monoisotopic (exact) mass is 521 g/mol. The van der Waals surface area contributed by atoms with Gasteiger partial charge in [-0.2, -0.15) is 0 Å². The summed E-state index contributed by atoms with van der Waals surface area (Å²) in [5, 5.41) is 11.0. The second kappa shape index (κ2) is 8.94. The van der Waals surface area contributed by atoms with Gasteiger partial charge in [0.15, 0.2) is 0 Å². The molecule has 1 amide bonds. The Morgan fingerprint density at radius 3 is 2.40 bits per heavy atom. The molecule has 2 aliphatic heterocycles. The van der Waals surface area contributed by atoms with Gasteiger partial charge in [-0.1, -0.05) is 11.6 Å². The fourth-order valence-electron chi connectivity index (χ4n) is 5.31. The summed E-state index contributed by atoms with van der Waals surface area (Å²) in [7, 11) is -2.09. The van der Waals surface area contributed by atoms with E-state index in [4.69, 9.17) is 11.6 Å². The van der Waals surface area contributed by atoms with Crippen LogP contribution in [0.5, 0.6) is 5.75 Å². The number of aromatic hydroxyl groups is 1. The van der Waals surface area contributed by atoms with Crippen LogP contribution in [-0.4, -0.2) is 67.4 Å². The molecule has 2 atom stereocenters. The van der Waals surface area contributed by atoms with E-state index in [2.05, 4.69) is 4.90 Å². The second-order valence-corrected chi connectivity index (χ2v) is 12.4. The quantitative estimate of drug-likeness (QED) is 0.621. The van der Waals surface area contributed by atoms with E-state index >= 15 is 0 Å². The Kier molecular flexibility index (Phi) is 6.22. The Labute approximate surface area is 210 Å². The first-order valence-corrected chi connectivity index (χ1v) is 13.7. The number of likely N-dealkylation sites (tertiary alicyclic amines) is 1. The molecule has 5 rings (SSSR count). The molecular formula is C25H29ClFN3O4S. The number of rotatable bonds is 6. The van der Waals surface area contributed by atoms with Gasteiger partial charge < -0.3 is 14.9 Å². The Morgan fingerprint density at radius 1 is 1.14 bits per heavy atom. The van der Waals surface area contributed by atoms with Crippen molar-refractivity contribution in [1.82, 2.24) is 9.21 Å². The Balaban J connectivity index is 1.42. The smallest absolute Gasteiger partial charge is 0.255 e. The molecule has 1 N–H and O–H groups in total. The number of phenolic OH excluding ortho intramolecular Hbond substituents is 1. The van der Waals surface area contributed by atoms with E-state index in [-0.39, 0.29) is 39.2 Å². The number of hydrogen-bond donors (Lipinski definition) is 1. The zero-order valence-corrected chi connectivity index (χ0v) is 21.3. The van der Waals surface area contributed by atoms with Crippen molar-refractivity contribution in [3.63, 3.8) is 0 Å². The largest absolute Gasteiger partial charge is 0.505 e. The van der Waals surface area contributed by atoms with Crippen LogP contribution in [0.25, 0.3) is 0 Å². The molecule has 3 aliphatic rings. The lowest BCUT2D eigenvalue weighted by Gasteiger charge is -2.43. The summed E-state index contributed by atoms with van der Waals surface area (Å²) in [6, 6.07) is 6.68. The second-order valence-electron chi connectivity index (χ2n) is 9.96. The number of carbonyl (C=O) groups excluding carboxylic acids is 1.